The third-order valence-electron chi connectivity index (χ3n) is 4.35. The zero-order valence-electron chi connectivity index (χ0n) is 13.6. The van der Waals surface area contributed by atoms with Crippen LogP contribution in [0, 0.1) is 6.92 Å². The predicted molar refractivity (Wildman–Crippen MR) is 98.8 cm³/mol. The molecule has 1 aromatic carbocycles. The van der Waals surface area contributed by atoms with Gasteiger partial charge in [0.15, 0.2) is 5.82 Å². The summed E-state index contributed by atoms with van der Waals surface area (Å²) in [5, 5.41) is 9.97. The molecule has 5 nitrogen and oxygen atoms in total. The van der Waals surface area contributed by atoms with Gasteiger partial charge in [-0.2, -0.15) is 0 Å². The third-order valence-corrected chi connectivity index (χ3v) is 4.35. The summed E-state index contributed by atoms with van der Waals surface area (Å²) in [6.07, 6.45) is 1.57. The first-order valence-corrected chi connectivity index (χ1v) is 8.06. The molecule has 24 heavy (non-hydrogen) atoms. The van der Waals surface area contributed by atoms with Crippen molar-refractivity contribution in [2.24, 2.45) is 0 Å². The van der Waals surface area contributed by atoms with Crippen molar-refractivity contribution in [3.05, 3.63) is 42.2 Å². The number of nitrogens with one attached hydrogen (secondary N) is 1. The van der Waals surface area contributed by atoms with E-state index < -0.39 is 0 Å². The van der Waals surface area contributed by atoms with Crippen LogP contribution in [0.4, 0.5) is 5.82 Å². The highest BCUT2D eigenvalue weighted by Crippen LogP contribution is 2.30. The van der Waals surface area contributed by atoms with Crippen LogP contribution in [0.3, 0.4) is 0 Å². The number of aliphatic hydroxyl groups excluding tert-OH is 1. The van der Waals surface area contributed by atoms with Crippen molar-refractivity contribution >= 4 is 29.3 Å². The number of nitrogens with zero attached hydrogens (tertiary/aromatic N) is 3. The normalized spacial score (nSPS) is 17.8. The molecule has 1 aliphatic heterocycles. The topological polar surface area (TPSA) is 65.0 Å². The van der Waals surface area contributed by atoms with Crippen LogP contribution in [-0.4, -0.2) is 39.3 Å². The summed E-state index contributed by atoms with van der Waals surface area (Å²) in [7, 11) is 0. The molecule has 4 rings (SSSR count). The monoisotopic (exact) mass is 344 g/mol. The summed E-state index contributed by atoms with van der Waals surface area (Å²) in [5.41, 5.74) is 4.04. The Balaban J connectivity index is 0.00000169. The van der Waals surface area contributed by atoms with Crippen LogP contribution < -0.4 is 4.90 Å². The van der Waals surface area contributed by atoms with E-state index in [-0.39, 0.29) is 18.5 Å². The molecule has 2 N–H and O–H groups in total. The Kier molecular flexibility index (Phi) is 4.73. The van der Waals surface area contributed by atoms with Gasteiger partial charge < -0.3 is 15.0 Å². The first-order valence-electron chi connectivity index (χ1n) is 8.06. The number of benzene rings is 1. The third kappa shape index (κ3) is 3.09. The Morgan fingerprint density at radius 3 is 2.75 bits per heavy atom. The molecule has 1 saturated heterocycles. The number of aromatic nitrogens is 3. The first-order chi connectivity index (χ1) is 11.2. The van der Waals surface area contributed by atoms with E-state index in [9.17, 15) is 5.11 Å². The number of aliphatic hydroxyl groups is 1. The fourth-order valence-corrected chi connectivity index (χ4v) is 3.26. The van der Waals surface area contributed by atoms with E-state index in [0.717, 1.165) is 53.3 Å². The largest absolute Gasteiger partial charge is 0.391 e. The number of β-amino-alcohol motifs (C(OH)–C–C–N with tert-alkyl or cyclic N) is 1. The molecule has 0 amide bonds. The van der Waals surface area contributed by atoms with Crippen LogP contribution >= 0.6 is 12.4 Å². The maximum absolute atomic E-state index is 9.97. The number of hydrogen-bond donors (Lipinski definition) is 2. The van der Waals surface area contributed by atoms with Gasteiger partial charge in [0.25, 0.3) is 0 Å². The van der Waals surface area contributed by atoms with Crippen molar-refractivity contribution in [1.82, 2.24) is 15.0 Å². The summed E-state index contributed by atoms with van der Waals surface area (Å²) in [4.78, 5) is 14.8. The standard InChI is InChI=1S/C18H20N4O.ClH/c1-12-19-16-10-15(13-6-3-2-4-7-13)21-17(16)18(20-12)22-9-5-8-14(23)11-22;/h2-4,6-7,10,14,21,23H,5,8-9,11H2,1H3;1H. The number of piperidine rings is 1. The molecule has 0 spiro atoms. The second-order valence-corrected chi connectivity index (χ2v) is 6.15. The molecule has 1 unspecified atom stereocenters. The van der Waals surface area contributed by atoms with Crippen LogP contribution in [0.25, 0.3) is 22.3 Å². The van der Waals surface area contributed by atoms with E-state index in [1.807, 2.05) is 25.1 Å². The van der Waals surface area contributed by atoms with Crippen molar-refractivity contribution in [3.63, 3.8) is 0 Å². The molecule has 3 heterocycles. The lowest BCUT2D eigenvalue weighted by Crippen LogP contribution is -2.39. The number of rotatable bonds is 2. The number of aryl methyl sites for hydroxylation is 1. The van der Waals surface area contributed by atoms with Gasteiger partial charge in [0.2, 0.25) is 0 Å². The van der Waals surface area contributed by atoms with Crippen molar-refractivity contribution in [1.29, 1.82) is 0 Å². The summed E-state index contributed by atoms with van der Waals surface area (Å²) < 4.78 is 0. The molecule has 6 heteroatoms. The molecule has 0 saturated carbocycles. The maximum Gasteiger partial charge on any atom is 0.156 e. The Morgan fingerprint density at radius 2 is 2.00 bits per heavy atom. The summed E-state index contributed by atoms with van der Waals surface area (Å²) >= 11 is 0. The number of H-pyrrole nitrogens is 1. The Bertz CT molecular complexity index is 834. The van der Waals surface area contributed by atoms with E-state index in [1.54, 1.807) is 0 Å². The molecule has 126 valence electrons. The van der Waals surface area contributed by atoms with E-state index in [4.69, 9.17) is 0 Å². The second kappa shape index (κ2) is 6.79. The zero-order chi connectivity index (χ0) is 15.8. The highest BCUT2D eigenvalue weighted by atomic mass is 35.5. The molecule has 1 atom stereocenters. The van der Waals surface area contributed by atoms with E-state index in [1.165, 1.54) is 0 Å². The average Bonchev–Trinajstić information content (AvgIpc) is 2.98. The van der Waals surface area contributed by atoms with Crippen molar-refractivity contribution in [2.45, 2.75) is 25.9 Å². The van der Waals surface area contributed by atoms with Gasteiger partial charge in [-0.3, -0.25) is 0 Å². The van der Waals surface area contributed by atoms with Crippen molar-refractivity contribution in [2.75, 3.05) is 18.0 Å². The first kappa shape index (κ1) is 16.7. The summed E-state index contributed by atoms with van der Waals surface area (Å²) in [6.45, 7) is 3.46. The van der Waals surface area contributed by atoms with Crippen LogP contribution in [0.5, 0.6) is 0 Å². The number of fused-ring (bicyclic) bond motifs is 1. The Hall–Kier alpha value is -2.11. The molecular weight excluding hydrogens is 324 g/mol. The highest BCUT2D eigenvalue weighted by molar-refractivity contribution is 5.90. The second-order valence-electron chi connectivity index (χ2n) is 6.15. The van der Waals surface area contributed by atoms with Gasteiger partial charge in [-0.05, 0) is 31.4 Å². The number of anilines is 1. The van der Waals surface area contributed by atoms with E-state index >= 15 is 0 Å². The average molecular weight is 345 g/mol. The van der Waals surface area contributed by atoms with Crippen LogP contribution in [0.2, 0.25) is 0 Å². The zero-order valence-corrected chi connectivity index (χ0v) is 14.4. The van der Waals surface area contributed by atoms with Gasteiger partial charge in [-0.1, -0.05) is 30.3 Å². The lowest BCUT2D eigenvalue weighted by atomic mass is 10.1. The molecule has 2 aromatic heterocycles. The van der Waals surface area contributed by atoms with Crippen LogP contribution in [0.15, 0.2) is 36.4 Å². The van der Waals surface area contributed by atoms with E-state index in [2.05, 4.69) is 38.1 Å². The molecule has 3 aromatic rings. The van der Waals surface area contributed by atoms with Crippen molar-refractivity contribution < 1.29 is 5.11 Å². The fraction of sp³-hybridized carbons (Fsp3) is 0.333. The van der Waals surface area contributed by atoms with Gasteiger partial charge >= 0.3 is 0 Å². The molecule has 0 radical (unpaired) electrons. The van der Waals surface area contributed by atoms with Gasteiger partial charge in [0.05, 0.1) is 11.6 Å². The minimum Gasteiger partial charge on any atom is -0.391 e. The summed E-state index contributed by atoms with van der Waals surface area (Å²) in [5.74, 6) is 1.65. The molecule has 0 aliphatic carbocycles. The smallest absolute Gasteiger partial charge is 0.156 e. The van der Waals surface area contributed by atoms with E-state index in [0.29, 0.717) is 6.54 Å². The lowest BCUT2D eigenvalue weighted by Gasteiger charge is -2.31. The maximum atomic E-state index is 9.97. The Morgan fingerprint density at radius 1 is 1.21 bits per heavy atom. The minimum atomic E-state index is -0.280. The van der Waals surface area contributed by atoms with Crippen LogP contribution in [0.1, 0.15) is 18.7 Å². The van der Waals surface area contributed by atoms with Gasteiger partial charge in [0, 0.05) is 18.8 Å². The SMILES string of the molecule is Cc1nc(N2CCCC(O)C2)c2[nH]c(-c3ccccc3)cc2n1.Cl. The molecule has 0 bridgehead atoms. The highest BCUT2D eigenvalue weighted by Gasteiger charge is 2.22. The Labute approximate surface area is 147 Å². The van der Waals surface area contributed by atoms with Gasteiger partial charge in [-0.15, -0.1) is 12.4 Å². The number of halogens is 1. The van der Waals surface area contributed by atoms with Gasteiger partial charge in [-0.25, -0.2) is 9.97 Å². The summed E-state index contributed by atoms with van der Waals surface area (Å²) in [6, 6.07) is 12.3. The fourth-order valence-electron chi connectivity index (χ4n) is 3.26. The van der Waals surface area contributed by atoms with Gasteiger partial charge in [0.1, 0.15) is 11.3 Å². The minimum absolute atomic E-state index is 0. The molecular formula is C18H21ClN4O. The predicted octanol–water partition coefficient (Wildman–Crippen LogP) is 3.32. The molecule has 1 fully saturated rings. The molecule has 1 aliphatic rings. The van der Waals surface area contributed by atoms with Crippen LogP contribution in [-0.2, 0) is 0 Å². The number of hydrogen-bond acceptors (Lipinski definition) is 4. The lowest BCUT2D eigenvalue weighted by molar-refractivity contribution is 0.154. The quantitative estimate of drug-likeness (QED) is 0.748. The number of aromatic amines is 1. The van der Waals surface area contributed by atoms with Crippen molar-refractivity contribution in [3.8, 4) is 11.3 Å².